The van der Waals surface area contributed by atoms with Crippen LogP contribution < -0.4 is 4.74 Å². The van der Waals surface area contributed by atoms with Gasteiger partial charge in [0.1, 0.15) is 11.9 Å². The molecular weight excluding hydrogens is 404 g/mol. The molecule has 178 valence electrons. The summed E-state index contributed by atoms with van der Waals surface area (Å²) in [5.74, 6) is 0.922. The summed E-state index contributed by atoms with van der Waals surface area (Å²) < 4.78 is 5.74. The molecule has 0 unspecified atom stereocenters. The molecule has 1 aliphatic carbocycles. The van der Waals surface area contributed by atoms with Gasteiger partial charge >= 0.3 is 0 Å². The number of terminal acetylenes is 1. The van der Waals surface area contributed by atoms with Gasteiger partial charge in [0.15, 0.2) is 5.78 Å². The zero-order valence-electron chi connectivity index (χ0n) is 22.8. The van der Waals surface area contributed by atoms with Gasteiger partial charge in [-0.3, -0.25) is 4.79 Å². The van der Waals surface area contributed by atoms with Gasteiger partial charge in [0.05, 0.1) is 0 Å². The molecule has 0 atom stereocenters. The second-order valence-corrected chi connectivity index (χ2v) is 13.3. The first kappa shape index (κ1) is 26.7. The van der Waals surface area contributed by atoms with Gasteiger partial charge in [-0.1, -0.05) is 89.5 Å². The van der Waals surface area contributed by atoms with E-state index < -0.39 is 0 Å². The van der Waals surface area contributed by atoms with Crippen LogP contribution in [0.1, 0.15) is 99.8 Å². The molecule has 0 spiro atoms. The Morgan fingerprint density at radius 3 is 1.42 bits per heavy atom. The second-order valence-electron chi connectivity index (χ2n) is 13.3. The van der Waals surface area contributed by atoms with Crippen molar-refractivity contribution in [1.29, 1.82) is 0 Å². The van der Waals surface area contributed by atoms with Crippen molar-refractivity contribution < 1.29 is 9.53 Å². The molecule has 33 heavy (non-hydrogen) atoms. The Bertz CT molecular complexity index is 999. The number of ketones is 1. The van der Waals surface area contributed by atoms with Crippen LogP contribution in [0.3, 0.4) is 0 Å². The predicted molar refractivity (Wildman–Crippen MR) is 141 cm³/mol. The Hall–Kier alpha value is -2.53. The van der Waals surface area contributed by atoms with Crippen molar-refractivity contribution in [3.63, 3.8) is 0 Å². The highest BCUT2D eigenvalue weighted by atomic mass is 16.5. The lowest BCUT2D eigenvalue weighted by Gasteiger charge is -2.31. The predicted octanol–water partition coefficient (Wildman–Crippen LogP) is 8.16. The van der Waals surface area contributed by atoms with E-state index in [0.29, 0.717) is 0 Å². The fourth-order valence-electron chi connectivity index (χ4n) is 4.06. The summed E-state index contributed by atoms with van der Waals surface area (Å²) in [4.78, 5) is 13.3. The molecule has 0 aliphatic heterocycles. The summed E-state index contributed by atoms with van der Waals surface area (Å²) in [7, 11) is 0. The maximum Gasteiger partial charge on any atom is 0.186 e. The molecule has 0 aromatic heterocycles. The minimum absolute atomic E-state index is 0.149. The molecule has 0 N–H and O–H groups in total. The van der Waals surface area contributed by atoms with Crippen LogP contribution >= 0.6 is 0 Å². The standard InChI is InChI=1S/C31H42O2/c1-14-33-27-24(30(8,9)10)18-21(19-25(27)31(11,12)13)15-20-16-22(28(2,3)4)26(32)23(17-20)29(5,6)7/h1,15-19H,2-13H3. The number of allylic oxidation sites excluding steroid dienone is 5. The molecule has 0 heterocycles. The van der Waals surface area contributed by atoms with Gasteiger partial charge in [-0.2, -0.15) is 0 Å². The van der Waals surface area contributed by atoms with Gasteiger partial charge in [0, 0.05) is 22.3 Å². The van der Waals surface area contributed by atoms with E-state index in [9.17, 15) is 4.79 Å². The molecule has 2 rings (SSSR count). The first-order chi connectivity index (χ1) is 14.8. The number of Topliss-reactive ketones (excluding diaryl/α,β-unsaturated/α-hetero) is 1. The van der Waals surface area contributed by atoms with Gasteiger partial charge in [0.2, 0.25) is 0 Å². The number of hydrogen-bond donors (Lipinski definition) is 0. The van der Waals surface area contributed by atoms with E-state index in [1.54, 1.807) is 0 Å². The molecule has 0 fully saturated rings. The Morgan fingerprint density at radius 1 is 0.727 bits per heavy atom. The van der Waals surface area contributed by atoms with E-state index in [1.165, 1.54) is 0 Å². The normalized spacial score (nSPS) is 15.6. The molecule has 0 saturated carbocycles. The quantitative estimate of drug-likeness (QED) is 0.428. The molecule has 1 aromatic carbocycles. The number of ether oxygens (including phenoxy) is 1. The van der Waals surface area contributed by atoms with Crippen LogP contribution in [0.5, 0.6) is 5.75 Å². The van der Waals surface area contributed by atoms with Crippen molar-refractivity contribution >= 4 is 11.9 Å². The first-order valence-corrected chi connectivity index (χ1v) is 11.8. The van der Waals surface area contributed by atoms with Gasteiger partial charge in [-0.15, -0.1) is 0 Å². The molecule has 0 radical (unpaired) electrons. The van der Waals surface area contributed by atoms with E-state index >= 15 is 0 Å². The first-order valence-electron chi connectivity index (χ1n) is 11.8. The summed E-state index contributed by atoms with van der Waals surface area (Å²) in [6.45, 7) is 25.6. The third kappa shape index (κ3) is 6.08. The fraction of sp³-hybridized carbons (Fsp3) is 0.516. The maximum atomic E-state index is 13.3. The van der Waals surface area contributed by atoms with Crippen LogP contribution in [0.2, 0.25) is 0 Å². The van der Waals surface area contributed by atoms with Crippen molar-refractivity contribution in [3.8, 4) is 18.3 Å². The minimum atomic E-state index is -0.238. The second kappa shape index (κ2) is 8.68. The van der Waals surface area contributed by atoms with Crippen molar-refractivity contribution in [2.75, 3.05) is 0 Å². The number of benzene rings is 1. The molecule has 2 heteroatoms. The highest BCUT2D eigenvalue weighted by Crippen LogP contribution is 2.42. The molecular formula is C31H42O2. The number of carbonyl (C=O) groups is 1. The van der Waals surface area contributed by atoms with Crippen LogP contribution in [0, 0.1) is 23.4 Å². The summed E-state index contributed by atoms with van der Waals surface area (Å²) in [6.07, 6.45) is 14.2. The van der Waals surface area contributed by atoms with Gasteiger partial charge < -0.3 is 4.74 Å². The highest BCUT2D eigenvalue weighted by molar-refractivity contribution is 6.12. The fourth-order valence-corrected chi connectivity index (χ4v) is 4.06. The maximum absolute atomic E-state index is 13.3. The minimum Gasteiger partial charge on any atom is -0.407 e. The molecule has 0 bridgehead atoms. The van der Waals surface area contributed by atoms with Gasteiger partial charge in [0.25, 0.3) is 0 Å². The smallest absolute Gasteiger partial charge is 0.186 e. The molecule has 0 saturated heterocycles. The van der Waals surface area contributed by atoms with E-state index in [4.69, 9.17) is 11.2 Å². The largest absolute Gasteiger partial charge is 0.407 e. The van der Waals surface area contributed by atoms with E-state index in [-0.39, 0.29) is 27.4 Å². The Morgan fingerprint density at radius 2 is 1.12 bits per heavy atom. The van der Waals surface area contributed by atoms with Crippen molar-refractivity contribution in [2.45, 2.75) is 93.9 Å². The SMILES string of the molecule is C#COc1c(C(C)(C)C)cc(C=C2C=C(C(C)(C)C)C(=O)C(C(C)(C)C)=C2)cc1C(C)(C)C. The summed E-state index contributed by atoms with van der Waals surface area (Å²) in [5, 5.41) is 0. The van der Waals surface area contributed by atoms with E-state index in [2.05, 4.69) is 120 Å². The van der Waals surface area contributed by atoms with Crippen molar-refractivity contribution in [2.24, 2.45) is 10.8 Å². The van der Waals surface area contributed by atoms with Crippen LogP contribution in [0.15, 0.2) is 41.0 Å². The van der Waals surface area contributed by atoms with Crippen LogP contribution in [-0.2, 0) is 15.6 Å². The van der Waals surface area contributed by atoms with Crippen molar-refractivity contribution in [3.05, 3.63) is 57.7 Å². The average molecular weight is 447 g/mol. The van der Waals surface area contributed by atoms with Crippen LogP contribution in [0.4, 0.5) is 0 Å². The van der Waals surface area contributed by atoms with Crippen LogP contribution in [0.25, 0.3) is 6.08 Å². The third-order valence-corrected chi connectivity index (χ3v) is 5.95. The lowest BCUT2D eigenvalue weighted by Crippen LogP contribution is -2.27. The lowest BCUT2D eigenvalue weighted by atomic mass is 9.71. The molecule has 1 aromatic rings. The third-order valence-electron chi connectivity index (χ3n) is 5.95. The Balaban J connectivity index is 2.87. The molecule has 1 aliphatic rings. The molecule has 0 amide bonds. The topological polar surface area (TPSA) is 26.3 Å². The van der Waals surface area contributed by atoms with Crippen molar-refractivity contribution in [1.82, 2.24) is 0 Å². The summed E-state index contributed by atoms with van der Waals surface area (Å²) in [6, 6.07) is 4.33. The van der Waals surface area contributed by atoms with Crippen LogP contribution in [-0.4, -0.2) is 5.78 Å². The van der Waals surface area contributed by atoms with Gasteiger partial charge in [-0.25, -0.2) is 0 Å². The highest BCUT2D eigenvalue weighted by Gasteiger charge is 2.34. The van der Waals surface area contributed by atoms with E-state index in [1.807, 2.05) is 0 Å². The molecule has 2 nitrogen and oxygen atoms in total. The summed E-state index contributed by atoms with van der Waals surface area (Å²) in [5.41, 5.74) is 5.18. The zero-order chi connectivity index (χ0) is 25.6. The monoisotopic (exact) mass is 446 g/mol. The number of hydrogen-bond acceptors (Lipinski definition) is 2. The van der Waals surface area contributed by atoms with E-state index in [0.717, 1.165) is 39.2 Å². The zero-order valence-corrected chi connectivity index (χ0v) is 22.8. The summed E-state index contributed by atoms with van der Waals surface area (Å²) >= 11 is 0. The number of carbonyl (C=O) groups excluding carboxylic acids is 1. The Kier molecular flexibility index (Phi) is 7.03. The lowest BCUT2D eigenvalue weighted by molar-refractivity contribution is -0.114. The Labute approximate surface area is 202 Å². The average Bonchev–Trinajstić information content (AvgIpc) is 2.60. The number of rotatable bonds is 2. The van der Waals surface area contributed by atoms with Gasteiger partial charge in [-0.05, 0) is 63.2 Å².